The number of methoxy groups -OCH3 is 2. The summed E-state index contributed by atoms with van der Waals surface area (Å²) in [7, 11) is 3.17. The molecule has 2 aromatic heterocycles. The van der Waals surface area contributed by atoms with Crippen molar-refractivity contribution in [3.63, 3.8) is 0 Å². The minimum atomic E-state index is -0.685. The second-order valence-corrected chi connectivity index (χ2v) is 7.56. The Morgan fingerprint density at radius 1 is 1.03 bits per heavy atom. The number of ether oxygens (including phenoxy) is 2. The van der Waals surface area contributed by atoms with E-state index in [9.17, 15) is 4.79 Å². The molecule has 0 saturated heterocycles. The predicted octanol–water partition coefficient (Wildman–Crippen LogP) is 4.58. The summed E-state index contributed by atoms with van der Waals surface area (Å²) in [6.45, 7) is 0. The first-order valence-electron chi connectivity index (χ1n) is 9.99. The van der Waals surface area contributed by atoms with Gasteiger partial charge in [-0.1, -0.05) is 23.4 Å². The van der Waals surface area contributed by atoms with E-state index in [1.54, 1.807) is 20.4 Å². The number of carbonyl (C=O) groups is 1. The molecule has 156 valence electrons. The molecule has 4 aromatic rings. The summed E-state index contributed by atoms with van der Waals surface area (Å²) in [4.78, 5) is 17.6. The SMILES string of the molecule is COc1ccc(-c2cc(C3(C(=O)Nc4cccc5cccnc45)CC3)no2)cc1OC. The summed E-state index contributed by atoms with van der Waals surface area (Å²) in [5.74, 6) is 1.70. The van der Waals surface area contributed by atoms with Crippen LogP contribution in [0.15, 0.2) is 65.3 Å². The van der Waals surface area contributed by atoms with Crippen LogP contribution >= 0.6 is 0 Å². The predicted molar refractivity (Wildman–Crippen MR) is 116 cm³/mol. The van der Waals surface area contributed by atoms with Crippen molar-refractivity contribution in [1.29, 1.82) is 0 Å². The van der Waals surface area contributed by atoms with Gasteiger partial charge in [-0.15, -0.1) is 0 Å². The number of carbonyl (C=O) groups excluding carboxylic acids is 1. The van der Waals surface area contributed by atoms with Crippen molar-refractivity contribution in [2.75, 3.05) is 19.5 Å². The Morgan fingerprint density at radius 2 is 1.84 bits per heavy atom. The van der Waals surface area contributed by atoms with Crippen LogP contribution in [0.3, 0.4) is 0 Å². The zero-order chi connectivity index (χ0) is 21.4. The first-order chi connectivity index (χ1) is 15.1. The van der Waals surface area contributed by atoms with Crippen LogP contribution in [0.4, 0.5) is 5.69 Å². The van der Waals surface area contributed by atoms with Crippen molar-refractivity contribution in [2.24, 2.45) is 0 Å². The fraction of sp³-hybridized carbons (Fsp3) is 0.208. The van der Waals surface area contributed by atoms with Gasteiger partial charge >= 0.3 is 0 Å². The van der Waals surface area contributed by atoms with E-state index >= 15 is 0 Å². The van der Waals surface area contributed by atoms with E-state index < -0.39 is 5.41 Å². The van der Waals surface area contributed by atoms with E-state index in [0.717, 1.165) is 29.3 Å². The molecule has 0 bridgehead atoms. The van der Waals surface area contributed by atoms with Crippen LogP contribution in [-0.2, 0) is 10.2 Å². The molecule has 1 aliphatic rings. The van der Waals surface area contributed by atoms with Crippen LogP contribution in [0, 0.1) is 0 Å². The Morgan fingerprint density at radius 3 is 2.61 bits per heavy atom. The molecule has 1 fully saturated rings. The lowest BCUT2D eigenvalue weighted by Gasteiger charge is -2.13. The maximum Gasteiger partial charge on any atom is 0.236 e. The number of anilines is 1. The standard InChI is InChI=1S/C24H21N3O4/c1-29-18-9-8-16(13-20(18)30-2)19-14-21(27-31-19)24(10-11-24)23(28)26-17-7-3-5-15-6-4-12-25-22(15)17/h3-9,12-14H,10-11H2,1-2H3,(H,26,28). The van der Waals surface area contributed by atoms with Crippen LogP contribution in [0.5, 0.6) is 11.5 Å². The molecule has 0 unspecified atom stereocenters. The zero-order valence-electron chi connectivity index (χ0n) is 17.2. The molecule has 1 amide bonds. The summed E-state index contributed by atoms with van der Waals surface area (Å²) in [5, 5.41) is 8.25. The third kappa shape index (κ3) is 3.28. The summed E-state index contributed by atoms with van der Waals surface area (Å²) in [6, 6.07) is 16.9. The Kier molecular flexibility index (Phi) is 4.58. The highest BCUT2D eigenvalue weighted by Crippen LogP contribution is 2.49. The Labute approximate surface area is 179 Å². The molecule has 1 aliphatic carbocycles. The average molecular weight is 415 g/mol. The molecule has 7 heteroatoms. The first-order valence-corrected chi connectivity index (χ1v) is 9.99. The Hall–Kier alpha value is -3.87. The third-order valence-electron chi connectivity index (χ3n) is 5.73. The van der Waals surface area contributed by atoms with Crippen molar-refractivity contribution in [2.45, 2.75) is 18.3 Å². The number of para-hydroxylation sites is 1. The van der Waals surface area contributed by atoms with Crippen LogP contribution < -0.4 is 14.8 Å². The molecular formula is C24H21N3O4. The highest BCUT2D eigenvalue weighted by atomic mass is 16.5. The summed E-state index contributed by atoms with van der Waals surface area (Å²) in [6.07, 6.45) is 3.15. The van der Waals surface area contributed by atoms with Crippen molar-refractivity contribution >= 4 is 22.5 Å². The summed E-state index contributed by atoms with van der Waals surface area (Å²) < 4.78 is 16.2. The molecule has 2 heterocycles. The van der Waals surface area contributed by atoms with Gasteiger partial charge < -0.3 is 19.3 Å². The fourth-order valence-electron chi connectivity index (χ4n) is 3.80. The van der Waals surface area contributed by atoms with Crippen LogP contribution in [0.2, 0.25) is 0 Å². The van der Waals surface area contributed by atoms with Gasteiger partial charge in [0, 0.05) is 23.2 Å². The smallest absolute Gasteiger partial charge is 0.236 e. The van der Waals surface area contributed by atoms with Gasteiger partial charge in [0.15, 0.2) is 17.3 Å². The van der Waals surface area contributed by atoms with Crippen LogP contribution in [0.1, 0.15) is 18.5 Å². The average Bonchev–Trinajstić information content (AvgIpc) is 3.48. The van der Waals surface area contributed by atoms with Gasteiger partial charge in [0.2, 0.25) is 5.91 Å². The summed E-state index contributed by atoms with van der Waals surface area (Å²) in [5.41, 5.74) is 2.20. The first kappa shape index (κ1) is 19.1. The van der Waals surface area contributed by atoms with Gasteiger partial charge in [0.05, 0.1) is 36.5 Å². The number of pyridine rings is 1. The highest BCUT2D eigenvalue weighted by molar-refractivity contribution is 6.06. The number of benzene rings is 2. The van der Waals surface area contributed by atoms with E-state index in [-0.39, 0.29) is 5.91 Å². The normalized spacial score (nSPS) is 14.3. The van der Waals surface area contributed by atoms with E-state index in [1.807, 2.05) is 54.6 Å². The second kappa shape index (κ2) is 7.43. The molecule has 0 atom stereocenters. The third-order valence-corrected chi connectivity index (χ3v) is 5.73. The van der Waals surface area contributed by atoms with Crippen LogP contribution in [0.25, 0.3) is 22.2 Å². The van der Waals surface area contributed by atoms with Crippen molar-refractivity contribution in [3.8, 4) is 22.8 Å². The Balaban J connectivity index is 1.42. The second-order valence-electron chi connectivity index (χ2n) is 7.56. The number of hydrogen-bond acceptors (Lipinski definition) is 6. The van der Waals surface area contributed by atoms with Crippen molar-refractivity contribution < 1.29 is 18.8 Å². The minimum absolute atomic E-state index is 0.0992. The highest BCUT2D eigenvalue weighted by Gasteiger charge is 2.54. The number of fused-ring (bicyclic) bond motifs is 1. The van der Waals surface area contributed by atoms with E-state index in [4.69, 9.17) is 14.0 Å². The lowest BCUT2D eigenvalue weighted by Crippen LogP contribution is -2.28. The minimum Gasteiger partial charge on any atom is -0.493 e. The molecule has 1 N–H and O–H groups in total. The molecule has 0 radical (unpaired) electrons. The monoisotopic (exact) mass is 415 g/mol. The van der Waals surface area contributed by atoms with Gasteiger partial charge in [0.25, 0.3) is 0 Å². The number of hydrogen-bond donors (Lipinski definition) is 1. The maximum absolute atomic E-state index is 13.2. The molecule has 0 aliphatic heterocycles. The van der Waals surface area contributed by atoms with Gasteiger partial charge in [-0.25, -0.2) is 0 Å². The van der Waals surface area contributed by atoms with Crippen molar-refractivity contribution in [3.05, 3.63) is 66.5 Å². The van der Waals surface area contributed by atoms with Gasteiger partial charge in [-0.3, -0.25) is 9.78 Å². The summed E-state index contributed by atoms with van der Waals surface area (Å²) >= 11 is 0. The molecule has 5 rings (SSSR count). The molecule has 1 saturated carbocycles. The number of nitrogens with one attached hydrogen (secondary N) is 1. The fourth-order valence-corrected chi connectivity index (χ4v) is 3.80. The number of aromatic nitrogens is 2. The zero-order valence-corrected chi connectivity index (χ0v) is 17.2. The molecule has 31 heavy (non-hydrogen) atoms. The molecule has 2 aromatic carbocycles. The maximum atomic E-state index is 13.2. The number of amides is 1. The lowest BCUT2D eigenvalue weighted by atomic mass is 10.00. The van der Waals surface area contributed by atoms with E-state index in [0.29, 0.717) is 28.6 Å². The number of rotatable bonds is 6. The lowest BCUT2D eigenvalue weighted by molar-refractivity contribution is -0.118. The van der Waals surface area contributed by atoms with Gasteiger partial charge in [0.1, 0.15) is 0 Å². The molecule has 7 nitrogen and oxygen atoms in total. The number of nitrogens with zero attached hydrogens (tertiary/aromatic N) is 2. The van der Waals surface area contributed by atoms with E-state index in [2.05, 4.69) is 15.5 Å². The van der Waals surface area contributed by atoms with Gasteiger partial charge in [-0.2, -0.15) is 0 Å². The van der Waals surface area contributed by atoms with Gasteiger partial charge in [-0.05, 0) is 43.2 Å². The Bertz CT molecular complexity index is 1270. The van der Waals surface area contributed by atoms with Crippen LogP contribution in [-0.4, -0.2) is 30.3 Å². The molecular weight excluding hydrogens is 394 g/mol. The van der Waals surface area contributed by atoms with Crippen molar-refractivity contribution in [1.82, 2.24) is 10.1 Å². The largest absolute Gasteiger partial charge is 0.493 e. The topological polar surface area (TPSA) is 86.5 Å². The van der Waals surface area contributed by atoms with E-state index in [1.165, 1.54) is 0 Å². The molecule has 0 spiro atoms. The quantitative estimate of drug-likeness (QED) is 0.496.